The summed E-state index contributed by atoms with van der Waals surface area (Å²) in [6, 6.07) is 8.67. The van der Waals surface area contributed by atoms with Gasteiger partial charge in [0.15, 0.2) is 0 Å². The van der Waals surface area contributed by atoms with Crippen LogP contribution in [0.3, 0.4) is 0 Å². The molecular formula is C15H23NO2S. The van der Waals surface area contributed by atoms with Gasteiger partial charge in [0.1, 0.15) is 0 Å². The molecule has 0 radical (unpaired) electrons. The first kappa shape index (κ1) is 14.9. The lowest BCUT2D eigenvalue weighted by atomic mass is 10.2. The molecule has 0 atom stereocenters. The van der Waals surface area contributed by atoms with E-state index in [9.17, 15) is 0 Å². The fourth-order valence-corrected chi connectivity index (χ4v) is 2.36. The van der Waals surface area contributed by atoms with E-state index in [-0.39, 0.29) is 0 Å². The maximum absolute atomic E-state index is 5.62. The van der Waals surface area contributed by atoms with E-state index in [4.69, 9.17) is 9.47 Å². The van der Waals surface area contributed by atoms with Crippen molar-refractivity contribution < 1.29 is 9.47 Å². The van der Waals surface area contributed by atoms with E-state index in [1.165, 1.54) is 23.3 Å². The maximum atomic E-state index is 5.62. The van der Waals surface area contributed by atoms with Gasteiger partial charge in [-0.2, -0.15) is 0 Å². The molecule has 19 heavy (non-hydrogen) atoms. The van der Waals surface area contributed by atoms with Crippen LogP contribution in [0.1, 0.15) is 18.4 Å². The van der Waals surface area contributed by atoms with Gasteiger partial charge in [-0.15, -0.1) is 0 Å². The van der Waals surface area contributed by atoms with Crippen LogP contribution in [0.4, 0.5) is 0 Å². The van der Waals surface area contributed by atoms with Crippen molar-refractivity contribution in [3.05, 3.63) is 29.8 Å². The monoisotopic (exact) mass is 281 g/mol. The molecule has 1 aliphatic carbocycles. The fourth-order valence-electron chi connectivity index (χ4n) is 1.72. The number of hydrogen-bond acceptors (Lipinski definition) is 4. The molecule has 0 heterocycles. The standard InChI is InChI=1S/C15H23NO2S/c1-17-9-8-16-10-13-4-6-15(7-5-13)19-12-18-11-14-2-3-14/h4-7,14,16H,2-3,8-12H2,1H3. The highest BCUT2D eigenvalue weighted by atomic mass is 32.2. The molecule has 0 bridgehead atoms. The minimum Gasteiger partial charge on any atom is -0.383 e. The molecule has 2 rings (SSSR count). The van der Waals surface area contributed by atoms with Crippen molar-refractivity contribution in [2.24, 2.45) is 5.92 Å². The van der Waals surface area contributed by atoms with Crippen LogP contribution in [-0.2, 0) is 16.0 Å². The van der Waals surface area contributed by atoms with Crippen molar-refractivity contribution >= 4 is 11.8 Å². The van der Waals surface area contributed by atoms with Crippen LogP contribution in [-0.4, -0.2) is 32.8 Å². The molecule has 0 amide bonds. The average molecular weight is 281 g/mol. The van der Waals surface area contributed by atoms with Crippen LogP contribution >= 0.6 is 11.8 Å². The summed E-state index contributed by atoms with van der Waals surface area (Å²) in [5.74, 6) is 1.61. The van der Waals surface area contributed by atoms with Gasteiger partial charge < -0.3 is 14.8 Å². The Morgan fingerprint density at radius 1 is 1.26 bits per heavy atom. The quantitative estimate of drug-likeness (QED) is 0.406. The first-order chi connectivity index (χ1) is 9.38. The summed E-state index contributed by atoms with van der Waals surface area (Å²) < 4.78 is 10.6. The van der Waals surface area contributed by atoms with Gasteiger partial charge in [-0.05, 0) is 36.5 Å². The van der Waals surface area contributed by atoms with Gasteiger partial charge in [0.05, 0.1) is 19.2 Å². The molecule has 4 heteroatoms. The van der Waals surface area contributed by atoms with Gasteiger partial charge in [0.25, 0.3) is 0 Å². The minimum atomic E-state index is 0.756. The number of thioether (sulfide) groups is 1. The van der Waals surface area contributed by atoms with Gasteiger partial charge in [-0.25, -0.2) is 0 Å². The second kappa shape index (κ2) is 8.59. The molecule has 0 spiro atoms. The lowest BCUT2D eigenvalue weighted by Gasteiger charge is -2.06. The largest absolute Gasteiger partial charge is 0.383 e. The normalized spacial score (nSPS) is 14.8. The Morgan fingerprint density at radius 3 is 2.74 bits per heavy atom. The van der Waals surface area contributed by atoms with E-state index >= 15 is 0 Å². The van der Waals surface area contributed by atoms with E-state index in [1.54, 1.807) is 18.9 Å². The zero-order valence-electron chi connectivity index (χ0n) is 11.6. The minimum absolute atomic E-state index is 0.756. The summed E-state index contributed by atoms with van der Waals surface area (Å²) in [5, 5.41) is 3.34. The molecule has 0 unspecified atom stereocenters. The van der Waals surface area contributed by atoms with Gasteiger partial charge >= 0.3 is 0 Å². The number of nitrogens with one attached hydrogen (secondary N) is 1. The Kier molecular flexibility index (Phi) is 6.71. The first-order valence-electron chi connectivity index (χ1n) is 6.87. The predicted octanol–water partition coefficient (Wildman–Crippen LogP) is 2.90. The molecule has 0 aromatic heterocycles. The lowest BCUT2D eigenvalue weighted by molar-refractivity contribution is 0.171. The van der Waals surface area contributed by atoms with E-state index in [0.717, 1.165) is 38.2 Å². The molecular weight excluding hydrogens is 258 g/mol. The molecule has 1 aliphatic rings. The molecule has 1 aromatic carbocycles. The number of benzene rings is 1. The molecule has 0 aliphatic heterocycles. The highest BCUT2D eigenvalue weighted by molar-refractivity contribution is 7.99. The van der Waals surface area contributed by atoms with Gasteiger partial charge in [-0.3, -0.25) is 0 Å². The highest BCUT2D eigenvalue weighted by Gasteiger charge is 2.20. The smallest absolute Gasteiger partial charge is 0.0967 e. The Labute approximate surface area is 120 Å². The third-order valence-electron chi connectivity index (χ3n) is 3.09. The number of rotatable bonds is 10. The summed E-state index contributed by atoms with van der Waals surface area (Å²) >= 11 is 1.77. The van der Waals surface area contributed by atoms with Crippen molar-refractivity contribution in [2.75, 3.05) is 32.8 Å². The van der Waals surface area contributed by atoms with Crippen LogP contribution in [0.2, 0.25) is 0 Å². The molecule has 1 aromatic rings. The van der Waals surface area contributed by atoms with Crippen molar-refractivity contribution in [3.63, 3.8) is 0 Å². The second-order valence-electron chi connectivity index (χ2n) is 4.89. The Balaban J connectivity index is 1.59. The van der Waals surface area contributed by atoms with Crippen LogP contribution in [0.15, 0.2) is 29.2 Å². The summed E-state index contributed by atoms with van der Waals surface area (Å²) in [6.45, 7) is 3.48. The first-order valence-corrected chi connectivity index (χ1v) is 7.86. The lowest BCUT2D eigenvalue weighted by Crippen LogP contribution is -2.18. The predicted molar refractivity (Wildman–Crippen MR) is 79.4 cm³/mol. The fraction of sp³-hybridized carbons (Fsp3) is 0.600. The van der Waals surface area contributed by atoms with Crippen molar-refractivity contribution in [2.45, 2.75) is 24.3 Å². The van der Waals surface area contributed by atoms with Crippen LogP contribution < -0.4 is 5.32 Å². The summed E-state index contributed by atoms with van der Waals surface area (Å²) in [7, 11) is 1.72. The van der Waals surface area contributed by atoms with Gasteiger partial charge in [-0.1, -0.05) is 23.9 Å². The second-order valence-corrected chi connectivity index (χ2v) is 5.89. The number of methoxy groups -OCH3 is 1. The van der Waals surface area contributed by atoms with Crippen LogP contribution in [0.25, 0.3) is 0 Å². The van der Waals surface area contributed by atoms with Crippen LogP contribution in [0, 0.1) is 5.92 Å². The van der Waals surface area contributed by atoms with Crippen molar-refractivity contribution in [3.8, 4) is 0 Å². The molecule has 1 fully saturated rings. The van der Waals surface area contributed by atoms with E-state index in [1.807, 2.05) is 0 Å². The average Bonchev–Trinajstić information content (AvgIpc) is 3.25. The Morgan fingerprint density at radius 2 is 2.05 bits per heavy atom. The SMILES string of the molecule is COCCNCc1ccc(SCOCC2CC2)cc1. The van der Waals surface area contributed by atoms with Gasteiger partial charge in [0, 0.05) is 25.1 Å². The number of ether oxygens (including phenoxy) is 2. The zero-order chi connectivity index (χ0) is 13.3. The van der Waals surface area contributed by atoms with E-state index < -0.39 is 0 Å². The Hall–Kier alpha value is -0.550. The van der Waals surface area contributed by atoms with E-state index in [0.29, 0.717) is 0 Å². The third kappa shape index (κ3) is 6.43. The number of hydrogen-bond donors (Lipinski definition) is 1. The molecule has 1 N–H and O–H groups in total. The topological polar surface area (TPSA) is 30.5 Å². The molecule has 3 nitrogen and oxygen atoms in total. The third-order valence-corrected chi connectivity index (χ3v) is 3.98. The molecule has 106 valence electrons. The van der Waals surface area contributed by atoms with Crippen LogP contribution in [0.5, 0.6) is 0 Å². The highest BCUT2D eigenvalue weighted by Crippen LogP contribution is 2.29. The zero-order valence-corrected chi connectivity index (χ0v) is 12.4. The van der Waals surface area contributed by atoms with Gasteiger partial charge in [0.2, 0.25) is 0 Å². The molecule has 0 saturated heterocycles. The van der Waals surface area contributed by atoms with Crippen molar-refractivity contribution in [1.29, 1.82) is 0 Å². The summed E-state index contributed by atoms with van der Waals surface area (Å²) in [5.41, 5.74) is 1.30. The molecule has 1 saturated carbocycles. The van der Waals surface area contributed by atoms with E-state index in [2.05, 4.69) is 29.6 Å². The Bertz CT molecular complexity index is 352. The maximum Gasteiger partial charge on any atom is 0.0967 e. The summed E-state index contributed by atoms with van der Waals surface area (Å²) in [4.78, 5) is 1.27. The van der Waals surface area contributed by atoms with Crippen molar-refractivity contribution in [1.82, 2.24) is 5.32 Å². The summed E-state index contributed by atoms with van der Waals surface area (Å²) in [6.07, 6.45) is 2.71.